The van der Waals surface area contributed by atoms with Gasteiger partial charge < -0.3 is 9.66 Å². The number of carbonyl (C=O) groups excluding carboxylic acids is 1. The van der Waals surface area contributed by atoms with Crippen molar-refractivity contribution in [2.24, 2.45) is 0 Å². The number of benzene rings is 1. The van der Waals surface area contributed by atoms with Crippen LogP contribution in [0.4, 0.5) is 13.2 Å². The molecule has 1 atom stereocenters. The van der Waals surface area contributed by atoms with Crippen LogP contribution >= 0.6 is 0 Å². The number of alkyl halides is 3. The number of halogens is 3. The fourth-order valence-corrected chi connectivity index (χ4v) is 1.52. The normalized spacial score (nSPS) is 13.5. The summed E-state index contributed by atoms with van der Waals surface area (Å²) in [5, 5.41) is 8.87. The van der Waals surface area contributed by atoms with Gasteiger partial charge in [-0.1, -0.05) is 12.1 Å². The Kier molecular flexibility index (Phi) is 6.18. The number of rotatable bonds is 3. The molecule has 1 rings (SSSR count). The van der Waals surface area contributed by atoms with Crippen molar-refractivity contribution in [1.29, 1.82) is 0 Å². The molecule has 0 aromatic heterocycles. The molecule has 5 nitrogen and oxygen atoms in total. The summed E-state index contributed by atoms with van der Waals surface area (Å²) < 4.78 is 68.1. The van der Waals surface area contributed by atoms with E-state index in [1.54, 1.807) is 0 Å². The Morgan fingerprint density at radius 3 is 2.26 bits per heavy atom. The van der Waals surface area contributed by atoms with E-state index in [0.717, 1.165) is 12.1 Å². The number of Topliss-reactive ketones (excluding diaryl/α,β-unsaturated/α-hetero) is 1. The van der Waals surface area contributed by atoms with Crippen molar-refractivity contribution >= 4 is 15.9 Å². The van der Waals surface area contributed by atoms with E-state index in [4.69, 9.17) is 5.11 Å². The van der Waals surface area contributed by atoms with Gasteiger partial charge in [0, 0.05) is 5.56 Å². The van der Waals surface area contributed by atoms with E-state index in [1.807, 2.05) is 0 Å². The number of hydrogen-bond acceptors (Lipinski definition) is 5. The summed E-state index contributed by atoms with van der Waals surface area (Å²) in [6, 6.07) is 2.75. The Hall–Kier alpha value is -0.450. The van der Waals surface area contributed by atoms with Gasteiger partial charge in [0.1, 0.15) is 10.1 Å². The van der Waals surface area contributed by atoms with E-state index in [9.17, 15) is 30.9 Å². The van der Waals surface area contributed by atoms with E-state index in [2.05, 4.69) is 0 Å². The molecule has 0 aliphatic rings. The van der Waals surface area contributed by atoms with E-state index < -0.39 is 38.6 Å². The molecule has 0 spiro atoms. The number of carbonyl (C=O) groups is 1. The standard InChI is InChI=1S/C9H7F3O5S.Na/c10-9(11,12)6-3-1-2-5(4-6)7(13)8(14)18(15,16)17;/h1-4,8,14H,(H,15,16,17);/q;+1/p-1. The largest absolute Gasteiger partial charge is 1.00 e. The quantitative estimate of drug-likeness (QED) is 0.387. The maximum Gasteiger partial charge on any atom is 1.00 e. The number of hydrogen-bond donors (Lipinski definition) is 1. The fraction of sp³-hybridized carbons (Fsp3) is 0.222. The van der Waals surface area contributed by atoms with Crippen molar-refractivity contribution in [3.8, 4) is 0 Å². The van der Waals surface area contributed by atoms with Crippen molar-refractivity contribution < 1.29 is 65.6 Å². The van der Waals surface area contributed by atoms with Gasteiger partial charge in [0.15, 0.2) is 0 Å². The van der Waals surface area contributed by atoms with Crippen LogP contribution in [0.3, 0.4) is 0 Å². The molecule has 0 aliphatic heterocycles. The van der Waals surface area contributed by atoms with Crippen LogP contribution in [-0.4, -0.2) is 29.3 Å². The van der Waals surface area contributed by atoms with Crippen LogP contribution in [-0.2, 0) is 16.3 Å². The topological polar surface area (TPSA) is 94.5 Å². The monoisotopic (exact) mass is 306 g/mol. The number of aliphatic hydroxyl groups is 1. The predicted octanol–water partition coefficient (Wildman–Crippen LogP) is -2.24. The maximum absolute atomic E-state index is 12.3. The van der Waals surface area contributed by atoms with Crippen LogP contribution in [0.2, 0.25) is 0 Å². The van der Waals surface area contributed by atoms with Gasteiger partial charge in [-0.15, -0.1) is 0 Å². The van der Waals surface area contributed by atoms with E-state index in [1.165, 1.54) is 0 Å². The number of ketones is 1. The molecule has 10 heteroatoms. The molecule has 0 saturated heterocycles. The molecule has 1 aromatic rings. The van der Waals surface area contributed by atoms with E-state index in [-0.39, 0.29) is 29.6 Å². The maximum atomic E-state index is 12.3. The van der Waals surface area contributed by atoms with Crippen LogP contribution in [0.5, 0.6) is 0 Å². The molecule has 1 N–H and O–H groups in total. The zero-order valence-electron chi connectivity index (χ0n) is 9.51. The first-order chi connectivity index (χ1) is 8.03. The van der Waals surface area contributed by atoms with Gasteiger partial charge in [-0.2, -0.15) is 13.2 Å². The second-order valence-corrected chi connectivity index (χ2v) is 4.72. The summed E-state index contributed by atoms with van der Waals surface area (Å²) in [5.74, 6) is -1.60. The first-order valence-electron chi connectivity index (χ1n) is 4.38. The Morgan fingerprint density at radius 1 is 1.32 bits per heavy atom. The SMILES string of the molecule is O=C(c1cccc(C(F)(F)F)c1)C(O)S(=O)(=O)[O-].[Na+]. The summed E-state index contributed by atoms with van der Waals surface area (Å²) in [6.07, 6.45) is -4.72. The van der Waals surface area contributed by atoms with Gasteiger partial charge in [0.25, 0.3) is 0 Å². The van der Waals surface area contributed by atoms with E-state index in [0.29, 0.717) is 12.1 Å². The molecule has 0 bridgehead atoms. The Morgan fingerprint density at radius 2 is 1.84 bits per heavy atom. The van der Waals surface area contributed by atoms with Gasteiger partial charge >= 0.3 is 35.7 Å². The predicted molar refractivity (Wildman–Crippen MR) is 51.5 cm³/mol. The molecular formula is C9H6F3NaO5S. The average molecular weight is 306 g/mol. The minimum Gasteiger partial charge on any atom is -0.746 e. The van der Waals surface area contributed by atoms with Crippen LogP contribution < -0.4 is 29.6 Å². The molecule has 1 unspecified atom stereocenters. The Bertz CT molecular complexity index is 569. The van der Waals surface area contributed by atoms with Crippen molar-refractivity contribution in [3.05, 3.63) is 35.4 Å². The van der Waals surface area contributed by atoms with Gasteiger partial charge in [-0.3, -0.25) is 4.79 Å². The zero-order chi connectivity index (χ0) is 14.1. The first kappa shape index (κ1) is 18.6. The molecule has 100 valence electrons. The minimum atomic E-state index is -5.32. The van der Waals surface area contributed by atoms with Gasteiger partial charge in [0.05, 0.1) is 5.56 Å². The van der Waals surface area contributed by atoms with Crippen molar-refractivity contribution in [2.75, 3.05) is 0 Å². The molecule has 1 aromatic carbocycles. The van der Waals surface area contributed by atoms with Gasteiger partial charge in [-0.05, 0) is 12.1 Å². The summed E-state index contributed by atoms with van der Waals surface area (Å²) in [5.41, 5.74) is -4.82. The molecule has 19 heavy (non-hydrogen) atoms. The fourth-order valence-electron chi connectivity index (χ4n) is 1.12. The molecule has 0 fully saturated rings. The Labute approximate surface area is 128 Å². The third kappa shape index (κ3) is 4.86. The molecule has 0 radical (unpaired) electrons. The van der Waals surface area contributed by atoms with Crippen molar-refractivity contribution in [1.82, 2.24) is 0 Å². The first-order valence-corrected chi connectivity index (χ1v) is 5.85. The summed E-state index contributed by atoms with van der Waals surface area (Å²) in [6.45, 7) is 0. The van der Waals surface area contributed by atoms with Crippen molar-refractivity contribution in [3.63, 3.8) is 0 Å². The van der Waals surface area contributed by atoms with Crippen LogP contribution in [0.15, 0.2) is 24.3 Å². The van der Waals surface area contributed by atoms with Crippen LogP contribution in [0, 0.1) is 0 Å². The molecule has 0 amide bonds. The third-order valence-electron chi connectivity index (χ3n) is 1.97. The molecule has 0 aliphatic carbocycles. The molecule has 0 heterocycles. The summed E-state index contributed by atoms with van der Waals surface area (Å²) >= 11 is 0. The van der Waals surface area contributed by atoms with Crippen LogP contribution in [0.1, 0.15) is 15.9 Å². The number of aliphatic hydroxyl groups excluding tert-OH is 1. The smallest absolute Gasteiger partial charge is 0.746 e. The minimum absolute atomic E-state index is 0. The van der Waals surface area contributed by atoms with E-state index >= 15 is 0 Å². The summed E-state index contributed by atoms with van der Waals surface area (Å²) in [4.78, 5) is 11.3. The second-order valence-electron chi connectivity index (χ2n) is 3.29. The third-order valence-corrected chi connectivity index (χ3v) is 2.73. The Balaban J connectivity index is 0.00000324. The second kappa shape index (κ2) is 6.33. The van der Waals surface area contributed by atoms with Crippen molar-refractivity contribution in [2.45, 2.75) is 11.6 Å². The summed E-state index contributed by atoms with van der Waals surface area (Å²) in [7, 11) is -5.32. The van der Waals surface area contributed by atoms with Gasteiger partial charge in [0.2, 0.25) is 11.2 Å². The average Bonchev–Trinajstić information content (AvgIpc) is 2.25. The zero-order valence-corrected chi connectivity index (χ0v) is 12.3. The van der Waals surface area contributed by atoms with Crippen LogP contribution in [0.25, 0.3) is 0 Å². The van der Waals surface area contributed by atoms with Gasteiger partial charge in [-0.25, -0.2) is 8.42 Å². The molecular weight excluding hydrogens is 300 g/mol. The molecule has 0 saturated carbocycles.